The first-order chi connectivity index (χ1) is 17.0. The van der Waals surface area contributed by atoms with Crippen LogP contribution < -0.4 is 9.46 Å². The molecule has 36 heavy (non-hydrogen) atoms. The van der Waals surface area contributed by atoms with Crippen molar-refractivity contribution < 1.29 is 27.8 Å². The maximum absolute atomic E-state index is 13.1. The highest BCUT2D eigenvalue weighted by Crippen LogP contribution is 2.29. The Morgan fingerprint density at radius 1 is 1.17 bits per heavy atom. The fourth-order valence-corrected chi connectivity index (χ4v) is 5.73. The number of benzene rings is 2. The van der Waals surface area contributed by atoms with Crippen molar-refractivity contribution in [2.45, 2.75) is 44.0 Å². The Balaban J connectivity index is 1.46. The number of aromatic nitrogens is 1. The molecule has 2 N–H and O–H groups in total. The lowest BCUT2D eigenvalue weighted by Gasteiger charge is -2.50. The summed E-state index contributed by atoms with van der Waals surface area (Å²) in [6.07, 6.45) is -0.787. The average molecular weight is 514 g/mol. The first-order valence-corrected chi connectivity index (χ1v) is 13.2. The molecule has 2 heterocycles. The van der Waals surface area contributed by atoms with Crippen molar-refractivity contribution in [2.24, 2.45) is 5.92 Å². The predicted molar refractivity (Wildman–Crippen MR) is 135 cm³/mol. The summed E-state index contributed by atoms with van der Waals surface area (Å²) in [5, 5.41) is 11.3. The van der Waals surface area contributed by atoms with Crippen molar-refractivity contribution in [3.8, 4) is 5.75 Å². The standard InChI is InChI=1S/C26H31N3O6S/c1-17(2)24(30)29-15-26(16-29,25(31)34-4)28-36(32,33)21-11-9-20(10-12-21)35-14-19-13-18(3)27-23-8-6-5-7-22(19)23/h5-13,17,24,28,30H,14-16H2,1-4H3. The van der Waals surface area contributed by atoms with Crippen LogP contribution in [-0.4, -0.2) is 61.3 Å². The molecular weight excluding hydrogens is 482 g/mol. The van der Waals surface area contributed by atoms with E-state index in [9.17, 15) is 18.3 Å². The van der Waals surface area contributed by atoms with Gasteiger partial charge < -0.3 is 14.6 Å². The fraction of sp³-hybridized carbons (Fsp3) is 0.385. The van der Waals surface area contributed by atoms with Crippen molar-refractivity contribution in [3.05, 3.63) is 65.9 Å². The number of rotatable bonds is 9. The predicted octanol–water partition coefficient (Wildman–Crippen LogP) is 2.60. The quantitative estimate of drug-likeness (QED) is 0.419. The molecule has 10 heteroatoms. The minimum absolute atomic E-state index is 0.00816. The van der Waals surface area contributed by atoms with E-state index in [1.165, 1.54) is 19.2 Å². The number of para-hydroxylation sites is 1. The van der Waals surface area contributed by atoms with E-state index < -0.39 is 27.8 Å². The van der Waals surface area contributed by atoms with Crippen molar-refractivity contribution in [1.82, 2.24) is 14.6 Å². The van der Waals surface area contributed by atoms with Gasteiger partial charge in [-0.1, -0.05) is 32.0 Å². The largest absolute Gasteiger partial charge is 0.489 e. The van der Waals surface area contributed by atoms with Crippen LogP contribution in [0.25, 0.3) is 10.9 Å². The molecular formula is C26H31N3O6S. The number of nitrogens with zero attached hydrogens (tertiary/aromatic N) is 2. The Kier molecular flexibility index (Phi) is 7.33. The number of methoxy groups -OCH3 is 1. The summed E-state index contributed by atoms with van der Waals surface area (Å²) < 4.78 is 39.5. The molecule has 1 fully saturated rings. The van der Waals surface area contributed by atoms with Crippen LogP contribution in [0.15, 0.2) is 59.5 Å². The number of esters is 1. The van der Waals surface area contributed by atoms with Crippen molar-refractivity contribution in [2.75, 3.05) is 20.2 Å². The number of hydrogen-bond donors (Lipinski definition) is 2. The van der Waals surface area contributed by atoms with Gasteiger partial charge in [-0.15, -0.1) is 0 Å². The number of fused-ring (bicyclic) bond motifs is 1. The zero-order chi connectivity index (χ0) is 26.1. The lowest BCUT2D eigenvalue weighted by Crippen LogP contribution is -2.76. The molecule has 0 bridgehead atoms. The number of carbonyl (C=O) groups is 1. The molecule has 0 saturated carbocycles. The van der Waals surface area contributed by atoms with Gasteiger partial charge in [-0.3, -0.25) is 9.88 Å². The van der Waals surface area contributed by atoms with E-state index in [0.717, 1.165) is 22.2 Å². The van der Waals surface area contributed by atoms with Crippen molar-refractivity contribution >= 4 is 26.9 Å². The normalized spacial score (nSPS) is 16.5. The van der Waals surface area contributed by atoms with Gasteiger partial charge in [-0.25, -0.2) is 13.2 Å². The van der Waals surface area contributed by atoms with Gasteiger partial charge in [0.2, 0.25) is 10.0 Å². The zero-order valence-electron chi connectivity index (χ0n) is 20.8. The summed E-state index contributed by atoms with van der Waals surface area (Å²) in [5.41, 5.74) is 1.29. The maximum Gasteiger partial charge on any atom is 0.329 e. The molecule has 3 aromatic rings. The van der Waals surface area contributed by atoms with Crippen molar-refractivity contribution in [3.63, 3.8) is 0 Å². The number of nitrogens with one attached hydrogen (secondary N) is 1. The van der Waals surface area contributed by atoms with E-state index in [2.05, 4.69) is 9.71 Å². The van der Waals surface area contributed by atoms with Crippen molar-refractivity contribution in [1.29, 1.82) is 0 Å². The van der Waals surface area contributed by atoms with Crippen LogP contribution in [0.3, 0.4) is 0 Å². The van der Waals surface area contributed by atoms with Crippen LogP contribution in [0, 0.1) is 12.8 Å². The maximum atomic E-state index is 13.1. The number of aliphatic hydroxyl groups excluding tert-OH is 1. The zero-order valence-corrected chi connectivity index (χ0v) is 21.6. The monoisotopic (exact) mass is 513 g/mol. The molecule has 0 amide bonds. The van der Waals surface area contributed by atoms with Crippen LogP contribution in [0.1, 0.15) is 25.1 Å². The Bertz CT molecular complexity index is 1350. The number of carbonyl (C=O) groups excluding carboxylic acids is 1. The molecule has 2 aromatic carbocycles. The van der Waals surface area contributed by atoms with Crippen LogP contribution in [0.2, 0.25) is 0 Å². The molecule has 1 unspecified atom stereocenters. The smallest absolute Gasteiger partial charge is 0.329 e. The molecule has 1 aliphatic rings. The highest BCUT2D eigenvalue weighted by Gasteiger charge is 2.54. The number of likely N-dealkylation sites (tertiary alicyclic amines) is 1. The van der Waals surface area contributed by atoms with Gasteiger partial charge >= 0.3 is 5.97 Å². The third-order valence-electron chi connectivity index (χ3n) is 6.28. The van der Waals surface area contributed by atoms with E-state index in [1.807, 2.05) is 51.1 Å². The van der Waals surface area contributed by atoms with Gasteiger partial charge in [0.15, 0.2) is 5.54 Å². The highest BCUT2D eigenvalue weighted by molar-refractivity contribution is 7.89. The van der Waals surface area contributed by atoms with Crippen LogP contribution in [-0.2, 0) is 26.2 Å². The van der Waals surface area contributed by atoms with Crippen LogP contribution >= 0.6 is 0 Å². The average Bonchev–Trinajstić information content (AvgIpc) is 2.83. The lowest BCUT2D eigenvalue weighted by atomic mass is 9.89. The Morgan fingerprint density at radius 3 is 2.47 bits per heavy atom. The number of hydrogen-bond acceptors (Lipinski definition) is 8. The number of sulfonamides is 1. The van der Waals surface area contributed by atoms with Gasteiger partial charge in [0.1, 0.15) is 18.6 Å². The minimum atomic E-state index is -4.04. The third kappa shape index (κ3) is 5.22. The Labute approximate surface area is 211 Å². The number of aliphatic hydroxyl groups is 1. The first kappa shape index (κ1) is 26.0. The second-order valence-electron chi connectivity index (χ2n) is 9.44. The molecule has 0 spiro atoms. The summed E-state index contributed by atoms with van der Waals surface area (Å²) in [7, 11) is -2.84. The van der Waals surface area contributed by atoms with Gasteiger partial charge in [0.25, 0.3) is 0 Å². The summed E-state index contributed by atoms with van der Waals surface area (Å²) in [5.74, 6) is -0.262. The van der Waals surface area contributed by atoms with Crippen LogP contribution in [0.5, 0.6) is 5.75 Å². The summed E-state index contributed by atoms with van der Waals surface area (Å²) in [6.45, 7) is 5.93. The van der Waals surface area contributed by atoms with E-state index in [-0.39, 0.29) is 23.9 Å². The third-order valence-corrected chi connectivity index (χ3v) is 7.83. The number of pyridine rings is 1. The molecule has 4 rings (SSSR count). The lowest BCUT2D eigenvalue weighted by molar-refractivity contribution is -0.166. The number of ether oxygens (including phenoxy) is 2. The second kappa shape index (κ2) is 10.1. The van der Waals surface area contributed by atoms with Gasteiger partial charge in [-0.05, 0) is 49.2 Å². The van der Waals surface area contributed by atoms with Gasteiger partial charge in [-0.2, -0.15) is 4.72 Å². The SMILES string of the molecule is COC(=O)C1(NS(=O)(=O)c2ccc(OCc3cc(C)nc4ccccc34)cc2)CN(C(O)C(C)C)C1. The highest BCUT2D eigenvalue weighted by atomic mass is 32.2. The molecule has 1 aromatic heterocycles. The summed E-state index contributed by atoms with van der Waals surface area (Å²) in [4.78, 5) is 18.6. The van der Waals surface area contributed by atoms with Gasteiger partial charge in [0.05, 0.1) is 17.5 Å². The van der Waals surface area contributed by atoms with E-state index in [1.54, 1.807) is 17.0 Å². The fourth-order valence-electron chi connectivity index (χ4n) is 4.39. The van der Waals surface area contributed by atoms with E-state index >= 15 is 0 Å². The minimum Gasteiger partial charge on any atom is -0.489 e. The first-order valence-electron chi connectivity index (χ1n) is 11.7. The van der Waals surface area contributed by atoms with E-state index in [4.69, 9.17) is 9.47 Å². The Morgan fingerprint density at radius 2 is 1.83 bits per heavy atom. The second-order valence-corrected chi connectivity index (χ2v) is 11.1. The number of aryl methyl sites for hydroxylation is 1. The van der Waals surface area contributed by atoms with Gasteiger partial charge in [0, 0.05) is 29.7 Å². The summed E-state index contributed by atoms with van der Waals surface area (Å²) in [6, 6.07) is 15.8. The molecule has 192 valence electrons. The Hall–Kier alpha value is -3.05. The summed E-state index contributed by atoms with van der Waals surface area (Å²) >= 11 is 0. The molecule has 9 nitrogen and oxygen atoms in total. The molecule has 1 aliphatic heterocycles. The van der Waals surface area contributed by atoms with E-state index in [0.29, 0.717) is 12.4 Å². The molecule has 1 atom stereocenters. The molecule has 0 radical (unpaired) electrons. The topological polar surface area (TPSA) is 118 Å². The van der Waals surface area contributed by atoms with Crippen LogP contribution in [0.4, 0.5) is 0 Å². The molecule has 1 saturated heterocycles. The molecule has 0 aliphatic carbocycles.